The first kappa shape index (κ1) is 19.4. The maximum Gasteiger partial charge on any atom is 0.257 e. The molecule has 1 aliphatic rings. The van der Waals surface area contributed by atoms with Gasteiger partial charge in [0.1, 0.15) is 5.75 Å². The molecule has 1 saturated carbocycles. The number of carbonyl (C=O) groups is 1. The van der Waals surface area contributed by atoms with Crippen LogP contribution < -0.4 is 15.4 Å². The molecule has 0 aliphatic heterocycles. The molecule has 4 nitrogen and oxygen atoms in total. The van der Waals surface area contributed by atoms with Crippen molar-refractivity contribution in [1.82, 2.24) is 10.6 Å². The van der Waals surface area contributed by atoms with E-state index in [0.29, 0.717) is 29.1 Å². The average molecular weight is 383 g/mol. The summed E-state index contributed by atoms with van der Waals surface area (Å²) in [4.78, 5) is 12.5. The van der Waals surface area contributed by atoms with Gasteiger partial charge < -0.3 is 10.1 Å². The summed E-state index contributed by atoms with van der Waals surface area (Å²) >= 11 is 5.29. The number of hydrogen-bond donors (Lipinski definition) is 2. The summed E-state index contributed by atoms with van der Waals surface area (Å²) < 4.78 is 5.80. The van der Waals surface area contributed by atoms with Gasteiger partial charge in [0.2, 0.25) is 0 Å². The lowest BCUT2D eigenvalue weighted by atomic mass is 9.96. The fraction of sp³-hybridized carbons (Fsp3) is 0.364. The molecule has 0 bridgehead atoms. The van der Waals surface area contributed by atoms with Crippen molar-refractivity contribution in [2.24, 2.45) is 0 Å². The predicted molar refractivity (Wildman–Crippen MR) is 112 cm³/mol. The molecule has 0 heterocycles. The molecule has 2 aromatic carbocycles. The van der Waals surface area contributed by atoms with Crippen LogP contribution in [0, 0.1) is 0 Å². The van der Waals surface area contributed by atoms with Gasteiger partial charge in [-0.3, -0.25) is 10.1 Å². The van der Waals surface area contributed by atoms with Crippen molar-refractivity contribution in [2.45, 2.75) is 44.6 Å². The monoisotopic (exact) mass is 382 g/mol. The smallest absolute Gasteiger partial charge is 0.257 e. The van der Waals surface area contributed by atoms with Gasteiger partial charge in [-0.25, -0.2) is 0 Å². The molecule has 2 aromatic rings. The van der Waals surface area contributed by atoms with Crippen LogP contribution in [0.4, 0.5) is 0 Å². The summed E-state index contributed by atoms with van der Waals surface area (Å²) in [6, 6.07) is 17.8. The third-order valence-corrected chi connectivity index (χ3v) is 4.99. The molecule has 142 valence electrons. The van der Waals surface area contributed by atoms with E-state index < -0.39 is 0 Å². The van der Waals surface area contributed by atoms with Crippen molar-refractivity contribution in [1.29, 1.82) is 0 Å². The molecular formula is C22H26N2O2S. The van der Waals surface area contributed by atoms with Gasteiger partial charge in [-0.2, -0.15) is 0 Å². The molecule has 1 fully saturated rings. The van der Waals surface area contributed by atoms with E-state index in [1.54, 1.807) is 12.1 Å². The number of ether oxygens (including phenoxy) is 1. The van der Waals surface area contributed by atoms with Gasteiger partial charge in [-0.05, 0) is 48.8 Å². The third kappa shape index (κ3) is 6.36. The zero-order valence-corrected chi connectivity index (χ0v) is 16.3. The van der Waals surface area contributed by atoms with Crippen LogP contribution in [0.15, 0.2) is 54.6 Å². The fourth-order valence-electron chi connectivity index (χ4n) is 3.30. The minimum Gasteiger partial charge on any atom is -0.493 e. The summed E-state index contributed by atoms with van der Waals surface area (Å²) in [5.41, 5.74) is 1.77. The van der Waals surface area contributed by atoms with E-state index in [0.717, 1.165) is 19.3 Å². The normalized spacial score (nSPS) is 14.4. The maximum absolute atomic E-state index is 12.5. The van der Waals surface area contributed by atoms with Crippen LogP contribution in [0.3, 0.4) is 0 Å². The van der Waals surface area contributed by atoms with E-state index in [9.17, 15) is 4.79 Å². The Morgan fingerprint density at radius 2 is 1.81 bits per heavy atom. The molecule has 3 rings (SSSR count). The van der Waals surface area contributed by atoms with E-state index in [1.807, 2.05) is 30.3 Å². The van der Waals surface area contributed by atoms with Gasteiger partial charge in [0.15, 0.2) is 5.11 Å². The van der Waals surface area contributed by atoms with E-state index >= 15 is 0 Å². The van der Waals surface area contributed by atoms with Gasteiger partial charge >= 0.3 is 0 Å². The highest BCUT2D eigenvalue weighted by atomic mass is 32.1. The lowest BCUT2D eigenvalue weighted by molar-refractivity contribution is 0.0976. The first-order valence-electron chi connectivity index (χ1n) is 9.59. The molecule has 0 aromatic heterocycles. The Bertz CT molecular complexity index is 758. The largest absolute Gasteiger partial charge is 0.493 e. The molecule has 2 N–H and O–H groups in total. The molecular weight excluding hydrogens is 356 g/mol. The summed E-state index contributed by atoms with van der Waals surface area (Å²) in [5, 5.41) is 6.44. The number of benzene rings is 2. The molecule has 0 atom stereocenters. The van der Waals surface area contributed by atoms with Crippen LogP contribution in [-0.2, 0) is 6.42 Å². The van der Waals surface area contributed by atoms with Crippen molar-refractivity contribution in [3.8, 4) is 5.75 Å². The molecule has 27 heavy (non-hydrogen) atoms. The second-order valence-corrected chi connectivity index (χ2v) is 7.28. The van der Waals surface area contributed by atoms with Gasteiger partial charge in [0.25, 0.3) is 5.91 Å². The zero-order valence-electron chi connectivity index (χ0n) is 15.4. The Labute approximate surface area is 166 Å². The van der Waals surface area contributed by atoms with Crippen LogP contribution in [0.1, 0.15) is 48.0 Å². The summed E-state index contributed by atoms with van der Waals surface area (Å²) in [7, 11) is 0. The minimum absolute atomic E-state index is 0.211. The Balaban J connectivity index is 1.48. The van der Waals surface area contributed by atoms with Gasteiger partial charge in [0, 0.05) is 18.0 Å². The van der Waals surface area contributed by atoms with Crippen molar-refractivity contribution in [3.63, 3.8) is 0 Å². The standard InChI is InChI=1S/C22H26N2O2S/c25-21(24-22(27)23-19-11-5-2-6-12-19)18-10-7-13-20(16-18)26-15-14-17-8-3-1-4-9-17/h1,3-4,7-10,13,16,19H,2,5-6,11-12,14-15H2,(H2,23,24,25,27). The highest BCUT2D eigenvalue weighted by molar-refractivity contribution is 7.80. The van der Waals surface area contributed by atoms with Gasteiger partial charge in [-0.15, -0.1) is 0 Å². The van der Waals surface area contributed by atoms with Crippen LogP contribution in [0.5, 0.6) is 5.75 Å². The molecule has 0 spiro atoms. The van der Waals surface area contributed by atoms with Crippen LogP contribution in [0.2, 0.25) is 0 Å². The topological polar surface area (TPSA) is 50.4 Å². The lowest BCUT2D eigenvalue weighted by Gasteiger charge is -2.24. The Morgan fingerprint density at radius 3 is 2.59 bits per heavy atom. The Morgan fingerprint density at radius 1 is 1.04 bits per heavy atom. The van der Waals surface area contributed by atoms with E-state index in [1.165, 1.54) is 24.8 Å². The first-order chi connectivity index (χ1) is 13.2. The van der Waals surface area contributed by atoms with Crippen molar-refractivity contribution < 1.29 is 9.53 Å². The Kier molecular flexibility index (Phi) is 7.22. The van der Waals surface area contributed by atoms with Crippen LogP contribution >= 0.6 is 12.2 Å². The molecule has 0 radical (unpaired) electrons. The van der Waals surface area contributed by atoms with Crippen molar-refractivity contribution in [3.05, 3.63) is 65.7 Å². The van der Waals surface area contributed by atoms with Gasteiger partial charge in [-0.1, -0.05) is 55.7 Å². The highest BCUT2D eigenvalue weighted by Crippen LogP contribution is 2.17. The summed E-state index contributed by atoms with van der Waals surface area (Å²) in [6.45, 7) is 0.566. The summed E-state index contributed by atoms with van der Waals surface area (Å²) in [6.07, 6.45) is 6.77. The lowest BCUT2D eigenvalue weighted by Crippen LogP contribution is -2.45. The number of rotatable bonds is 6. The number of carbonyl (C=O) groups excluding carboxylic acids is 1. The second-order valence-electron chi connectivity index (χ2n) is 6.87. The Hall–Kier alpha value is -2.40. The number of hydrogen-bond acceptors (Lipinski definition) is 3. The molecule has 5 heteroatoms. The highest BCUT2D eigenvalue weighted by Gasteiger charge is 2.15. The van der Waals surface area contributed by atoms with Crippen molar-refractivity contribution >= 4 is 23.2 Å². The van der Waals surface area contributed by atoms with Crippen LogP contribution in [-0.4, -0.2) is 23.7 Å². The minimum atomic E-state index is -0.211. The fourth-order valence-corrected chi connectivity index (χ4v) is 3.56. The maximum atomic E-state index is 12.5. The average Bonchev–Trinajstić information content (AvgIpc) is 2.70. The molecule has 0 unspecified atom stereocenters. The quantitative estimate of drug-likeness (QED) is 0.734. The zero-order chi connectivity index (χ0) is 18.9. The van der Waals surface area contributed by atoms with E-state index in [4.69, 9.17) is 17.0 Å². The summed E-state index contributed by atoms with van der Waals surface area (Å²) in [5.74, 6) is 0.474. The predicted octanol–water partition coefficient (Wildman–Crippen LogP) is 4.25. The number of nitrogens with one attached hydrogen (secondary N) is 2. The second kappa shape index (κ2) is 10.1. The molecule has 1 amide bonds. The van der Waals surface area contributed by atoms with Gasteiger partial charge in [0.05, 0.1) is 6.61 Å². The van der Waals surface area contributed by atoms with Crippen LogP contribution in [0.25, 0.3) is 0 Å². The number of amides is 1. The molecule has 1 aliphatic carbocycles. The van der Waals surface area contributed by atoms with Crippen molar-refractivity contribution in [2.75, 3.05) is 6.61 Å². The third-order valence-electron chi connectivity index (χ3n) is 4.77. The number of thiocarbonyl (C=S) groups is 1. The first-order valence-corrected chi connectivity index (χ1v) is 10.0. The molecule has 0 saturated heterocycles. The SMILES string of the molecule is O=C(NC(=S)NC1CCCCC1)c1cccc(OCCc2ccccc2)c1. The van der Waals surface area contributed by atoms with E-state index in [2.05, 4.69) is 22.8 Å². The van der Waals surface area contributed by atoms with E-state index in [-0.39, 0.29) is 5.91 Å².